The Hall–Kier alpha value is -0.0800. The zero-order chi connectivity index (χ0) is 17.7. The average molecular weight is 339 g/mol. The largest absolute Gasteiger partial charge is 0.392 e. The van der Waals surface area contributed by atoms with Crippen molar-refractivity contribution in [3.05, 3.63) is 0 Å². The van der Waals surface area contributed by atoms with Crippen molar-refractivity contribution in [3.63, 3.8) is 0 Å². The van der Waals surface area contributed by atoms with Gasteiger partial charge in [0.2, 0.25) is 0 Å². The van der Waals surface area contributed by atoms with Crippen LogP contribution in [0.25, 0.3) is 0 Å². The van der Waals surface area contributed by atoms with Crippen LogP contribution in [0.4, 0.5) is 0 Å². The fourth-order valence-electron chi connectivity index (χ4n) is 6.25. The van der Waals surface area contributed by atoms with Gasteiger partial charge in [-0.15, -0.1) is 0 Å². The third kappa shape index (κ3) is 4.18. The standard InChI is InChI=1S/C22H42O2/c1-5-15(6-2)18-13-9-11-17-12-10-14-19(16(7-3)8-4)22(24)20(17)21(18)23/h15-24H,5-14H2,1-4H3/t17?,18-,19-,20?,21?,22?/m1/s1. The summed E-state index contributed by atoms with van der Waals surface area (Å²) in [7, 11) is 0. The van der Waals surface area contributed by atoms with E-state index in [0.29, 0.717) is 29.6 Å². The van der Waals surface area contributed by atoms with E-state index >= 15 is 0 Å². The average Bonchev–Trinajstić information content (AvgIpc) is 2.84. The van der Waals surface area contributed by atoms with E-state index in [1.807, 2.05) is 0 Å². The molecule has 24 heavy (non-hydrogen) atoms. The molecule has 0 spiro atoms. The molecule has 2 aliphatic carbocycles. The van der Waals surface area contributed by atoms with Crippen molar-refractivity contribution in [1.82, 2.24) is 0 Å². The van der Waals surface area contributed by atoms with Crippen molar-refractivity contribution < 1.29 is 10.2 Å². The molecule has 0 radical (unpaired) electrons. The van der Waals surface area contributed by atoms with Crippen molar-refractivity contribution in [2.45, 2.75) is 104 Å². The van der Waals surface area contributed by atoms with Crippen molar-refractivity contribution in [2.24, 2.45) is 35.5 Å². The van der Waals surface area contributed by atoms with Gasteiger partial charge in [0.1, 0.15) is 0 Å². The zero-order valence-electron chi connectivity index (χ0n) is 16.6. The summed E-state index contributed by atoms with van der Waals surface area (Å²) in [6.45, 7) is 9.05. The molecule has 2 heteroatoms. The number of aliphatic hydroxyl groups excluding tert-OH is 2. The van der Waals surface area contributed by atoms with Crippen molar-refractivity contribution in [3.8, 4) is 0 Å². The summed E-state index contributed by atoms with van der Waals surface area (Å²) < 4.78 is 0. The van der Waals surface area contributed by atoms with Gasteiger partial charge in [-0.05, 0) is 55.3 Å². The van der Waals surface area contributed by atoms with Gasteiger partial charge in [0.15, 0.2) is 0 Å². The Labute approximate surface area is 150 Å². The van der Waals surface area contributed by atoms with Gasteiger partial charge in [-0.1, -0.05) is 66.2 Å². The van der Waals surface area contributed by atoms with Gasteiger partial charge in [-0.2, -0.15) is 0 Å². The molecule has 2 unspecified atom stereocenters. The molecule has 2 aliphatic rings. The Morgan fingerprint density at radius 2 is 1.04 bits per heavy atom. The van der Waals surface area contributed by atoms with Crippen LogP contribution in [0.2, 0.25) is 0 Å². The molecule has 0 bridgehead atoms. The Morgan fingerprint density at radius 3 is 1.38 bits per heavy atom. The van der Waals surface area contributed by atoms with Crippen LogP contribution in [-0.4, -0.2) is 22.4 Å². The van der Waals surface area contributed by atoms with Crippen LogP contribution in [-0.2, 0) is 0 Å². The maximum Gasteiger partial charge on any atom is 0.0626 e. The Morgan fingerprint density at radius 1 is 0.667 bits per heavy atom. The first kappa shape index (κ1) is 20.2. The topological polar surface area (TPSA) is 40.5 Å². The van der Waals surface area contributed by atoms with Gasteiger partial charge in [0.05, 0.1) is 12.2 Å². The molecule has 2 fully saturated rings. The van der Waals surface area contributed by atoms with E-state index in [1.54, 1.807) is 0 Å². The van der Waals surface area contributed by atoms with Gasteiger partial charge in [0, 0.05) is 5.92 Å². The molecule has 2 rings (SSSR count). The number of aliphatic hydroxyl groups is 2. The maximum atomic E-state index is 11.4. The fraction of sp³-hybridized carbons (Fsp3) is 1.00. The van der Waals surface area contributed by atoms with E-state index in [4.69, 9.17) is 0 Å². The lowest BCUT2D eigenvalue weighted by atomic mass is 9.70. The van der Waals surface area contributed by atoms with Crippen LogP contribution in [0.15, 0.2) is 0 Å². The Balaban J connectivity index is 2.26. The minimum atomic E-state index is -0.299. The molecule has 0 amide bonds. The van der Waals surface area contributed by atoms with Crippen LogP contribution in [0.5, 0.6) is 0 Å². The summed E-state index contributed by atoms with van der Waals surface area (Å²) in [5, 5.41) is 22.7. The molecule has 0 aromatic carbocycles. The van der Waals surface area contributed by atoms with Gasteiger partial charge in [-0.3, -0.25) is 0 Å². The molecule has 2 saturated carbocycles. The van der Waals surface area contributed by atoms with E-state index in [-0.39, 0.29) is 18.1 Å². The number of hydrogen-bond donors (Lipinski definition) is 2. The number of fused-ring (bicyclic) bond motifs is 1. The zero-order valence-corrected chi connectivity index (χ0v) is 16.6. The van der Waals surface area contributed by atoms with E-state index in [0.717, 1.165) is 38.5 Å². The second-order valence-corrected chi connectivity index (χ2v) is 8.66. The van der Waals surface area contributed by atoms with Crippen LogP contribution < -0.4 is 0 Å². The summed E-state index contributed by atoms with van der Waals surface area (Å²) in [6.07, 6.45) is 11.2. The van der Waals surface area contributed by atoms with Crippen LogP contribution in [0, 0.1) is 35.5 Å². The monoisotopic (exact) mass is 338 g/mol. The number of hydrogen-bond acceptors (Lipinski definition) is 2. The van der Waals surface area contributed by atoms with E-state index in [1.165, 1.54) is 25.7 Å². The van der Waals surface area contributed by atoms with Gasteiger partial charge in [0.25, 0.3) is 0 Å². The Bertz CT molecular complexity index is 316. The third-order valence-electron chi connectivity index (χ3n) is 7.74. The SMILES string of the molecule is CCC(CC)[C@H]1CCCC2CCC[C@H](C(CC)CC)C(O)C2C1O. The third-order valence-corrected chi connectivity index (χ3v) is 7.74. The number of rotatable bonds is 6. The molecule has 0 heterocycles. The maximum absolute atomic E-state index is 11.4. The van der Waals surface area contributed by atoms with Crippen molar-refractivity contribution >= 4 is 0 Å². The van der Waals surface area contributed by atoms with Crippen molar-refractivity contribution in [2.75, 3.05) is 0 Å². The molecular formula is C22H42O2. The van der Waals surface area contributed by atoms with E-state index < -0.39 is 0 Å². The summed E-state index contributed by atoms with van der Waals surface area (Å²) in [4.78, 5) is 0. The van der Waals surface area contributed by atoms with Crippen molar-refractivity contribution in [1.29, 1.82) is 0 Å². The summed E-state index contributed by atoms with van der Waals surface area (Å²) in [5.74, 6) is 2.66. The molecular weight excluding hydrogens is 296 g/mol. The molecule has 0 aromatic rings. The normalized spacial score (nSPS) is 38.0. The molecule has 4 atom stereocenters. The van der Waals surface area contributed by atoms with Crippen LogP contribution in [0.1, 0.15) is 91.9 Å². The lowest BCUT2D eigenvalue weighted by Crippen LogP contribution is -2.45. The molecule has 0 aliphatic heterocycles. The first-order valence-corrected chi connectivity index (χ1v) is 10.9. The smallest absolute Gasteiger partial charge is 0.0626 e. The summed E-state index contributed by atoms with van der Waals surface area (Å²) >= 11 is 0. The first-order chi connectivity index (χ1) is 11.6. The molecule has 2 nitrogen and oxygen atoms in total. The molecule has 142 valence electrons. The highest BCUT2D eigenvalue weighted by Crippen LogP contribution is 2.47. The lowest BCUT2D eigenvalue weighted by molar-refractivity contribution is -0.0770. The highest BCUT2D eigenvalue weighted by Gasteiger charge is 2.46. The molecule has 0 saturated heterocycles. The van der Waals surface area contributed by atoms with Crippen LogP contribution >= 0.6 is 0 Å². The lowest BCUT2D eigenvalue weighted by Gasteiger charge is -2.40. The second-order valence-electron chi connectivity index (χ2n) is 8.66. The molecule has 2 N–H and O–H groups in total. The van der Waals surface area contributed by atoms with Gasteiger partial charge < -0.3 is 10.2 Å². The second kappa shape index (κ2) is 9.57. The predicted octanol–water partition coefficient (Wildman–Crippen LogP) is 5.41. The minimum absolute atomic E-state index is 0.117. The van der Waals surface area contributed by atoms with Gasteiger partial charge in [-0.25, -0.2) is 0 Å². The van der Waals surface area contributed by atoms with Gasteiger partial charge >= 0.3 is 0 Å². The fourth-order valence-corrected chi connectivity index (χ4v) is 6.25. The first-order valence-electron chi connectivity index (χ1n) is 10.9. The highest BCUT2D eigenvalue weighted by molar-refractivity contribution is 4.96. The van der Waals surface area contributed by atoms with Crippen LogP contribution in [0.3, 0.4) is 0 Å². The minimum Gasteiger partial charge on any atom is -0.392 e. The molecule has 0 aromatic heterocycles. The highest BCUT2D eigenvalue weighted by atomic mass is 16.3. The van der Waals surface area contributed by atoms with E-state index in [2.05, 4.69) is 27.7 Å². The Kier molecular flexibility index (Phi) is 8.07. The summed E-state index contributed by atoms with van der Waals surface area (Å²) in [6, 6.07) is 0. The predicted molar refractivity (Wildman–Crippen MR) is 102 cm³/mol. The quantitative estimate of drug-likeness (QED) is 0.679. The van der Waals surface area contributed by atoms with E-state index in [9.17, 15) is 10.2 Å². The summed E-state index contributed by atoms with van der Waals surface area (Å²) in [5.41, 5.74) is 0.